The number of rotatable bonds is 11. The van der Waals surface area contributed by atoms with E-state index in [1.807, 2.05) is 41.5 Å². The first-order valence-corrected chi connectivity index (χ1v) is 31.5. The molecule has 0 bridgehead atoms. The molecule has 0 saturated carbocycles. The zero-order valence-corrected chi connectivity index (χ0v) is 58.5. The molecule has 4 amide bonds. The minimum atomic E-state index is -3.92. The number of anilines is 1. The van der Waals surface area contributed by atoms with E-state index in [1.54, 1.807) is 138 Å². The maximum atomic E-state index is 12.5. The molecule has 4 atom stereocenters. The highest BCUT2D eigenvalue weighted by Gasteiger charge is 2.50. The van der Waals surface area contributed by atoms with Crippen LogP contribution in [0.4, 0.5) is 36.6 Å². The molecule has 4 aliphatic heterocycles. The van der Waals surface area contributed by atoms with Gasteiger partial charge in [0.25, 0.3) is 10.1 Å². The van der Waals surface area contributed by atoms with Gasteiger partial charge in [0.1, 0.15) is 63.5 Å². The van der Waals surface area contributed by atoms with Crippen LogP contribution in [0.25, 0.3) is 0 Å². The lowest BCUT2D eigenvalue weighted by molar-refractivity contribution is -0.389. The quantitative estimate of drug-likeness (QED) is 0.0464. The van der Waals surface area contributed by atoms with E-state index in [0.29, 0.717) is 31.9 Å². The molecule has 4 aliphatic rings. The van der Waals surface area contributed by atoms with Crippen molar-refractivity contribution in [1.29, 1.82) is 0 Å². The van der Waals surface area contributed by atoms with E-state index in [1.165, 1.54) is 56.0 Å². The van der Waals surface area contributed by atoms with Gasteiger partial charge in [-0.25, -0.2) is 19.2 Å². The zero-order chi connectivity index (χ0) is 71.5. The lowest BCUT2D eigenvalue weighted by Crippen LogP contribution is -2.51. The number of carbonyl (C=O) groups excluding carboxylic acids is 5. The average Bonchev–Trinajstić information content (AvgIpc) is 1.69. The van der Waals surface area contributed by atoms with Crippen molar-refractivity contribution in [3.05, 3.63) is 86.8 Å². The van der Waals surface area contributed by atoms with Crippen LogP contribution >= 0.6 is 0 Å². The molecular formula is C60H97N13O20S. The van der Waals surface area contributed by atoms with Gasteiger partial charge in [-0.2, -0.15) is 18.2 Å². The fourth-order valence-corrected chi connectivity index (χ4v) is 10.4. The lowest BCUT2D eigenvalue weighted by Gasteiger charge is -2.35. The van der Waals surface area contributed by atoms with E-state index in [0.717, 1.165) is 5.56 Å². The number of aromatic nitrogens is 6. The summed E-state index contributed by atoms with van der Waals surface area (Å²) in [6.07, 6.45) is 3.39. The molecule has 4 saturated heterocycles. The number of hydrogen-bond donors (Lipinski definition) is 2. The Labute approximate surface area is 549 Å². The van der Waals surface area contributed by atoms with Crippen LogP contribution < -0.4 is 5.73 Å². The average molecular weight is 1350 g/mol. The summed E-state index contributed by atoms with van der Waals surface area (Å²) in [5, 5.41) is 34.1. The van der Waals surface area contributed by atoms with Crippen molar-refractivity contribution in [2.24, 2.45) is 0 Å². The van der Waals surface area contributed by atoms with E-state index in [-0.39, 0.29) is 62.5 Å². The molecule has 528 valence electrons. The normalized spacial score (nSPS) is 20.4. The highest BCUT2D eigenvalue weighted by atomic mass is 32.2. The summed E-state index contributed by atoms with van der Waals surface area (Å²) < 4.78 is 77.1. The molecule has 0 aliphatic carbocycles. The molecule has 34 heteroatoms. The van der Waals surface area contributed by atoms with Gasteiger partial charge in [0.05, 0.1) is 98.8 Å². The molecule has 1 aromatic carbocycles. The van der Waals surface area contributed by atoms with Crippen LogP contribution in [0.2, 0.25) is 0 Å². The van der Waals surface area contributed by atoms with E-state index in [2.05, 4.69) is 20.4 Å². The topological polar surface area (TPSA) is 392 Å². The highest BCUT2D eigenvalue weighted by Crippen LogP contribution is 2.34. The van der Waals surface area contributed by atoms with Gasteiger partial charge in [0, 0.05) is 7.62 Å². The number of nitrogens with two attached hydrogens (primary N) is 1. The van der Waals surface area contributed by atoms with Crippen molar-refractivity contribution in [2.45, 2.75) is 233 Å². The van der Waals surface area contributed by atoms with Crippen LogP contribution in [0.5, 0.6) is 0 Å². The van der Waals surface area contributed by atoms with Gasteiger partial charge in [-0.05, 0) is 173 Å². The molecule has 3 aromatic heterocycles. The number of nitrogens with one attached hydrogen (secondary N) is 1. The summed E-state index contributed by atoms with van der Waals surface area (Å²) >= 11 is 0. The van der Waals surface area contributed by atoms with Crippen LogP contribution in [-0.4, -0.2) is 201 Å². The second-order valence-corrected chi connectivity index (χ2v) is 29.6. The molecule has 0 radical (unpaired) electrons. The van der Waals surface area contributed by atoms with Crippen LogP contribution in [0, 0.1) is 27.2 Å². The molecular weight excluding hydrogens is 1250 g/mol. The van der Waals surface area contributed by atoms with E-state index >= 15 is 0 Å². The number of aldehydes is 1. The first-order valence-electron chi connectivity index (χ1n) is 30.0. The third-order valence-corrected chi connectivity index (χ3v) is 14.7. The van der Waals surface area contributed by atoms with Crippen molar-refractivity contribution in [3.63, 3.8) is 0 Å². The number of carbonyl (C=O) groups is 5. The molecule has 3 N–H and O–H groups in total. The Kier molecular flexibility index (Phi) is 25.5. The van der Waals surface area contributed by atoms with Gasteiger partial charge in [0.2, 0.25) is 0 Å². The predicted octanol–water partition coefficient (Wildman–Crippen LogP) is 9.19. The van der Waals surface area contributed by atoms with Crippen LogP contribution in [-0.2, 0) is 70.1 Å². The summed E-state index contributed by atoms with van der Waals surface area (Å²) in [6, 6.07) is 9.11. The second kappa shape index (κ2) is 30.6. The summed E-state index contributed by atoms with van der Waals surface area (Å²) in [4.78, 5) is 85.6. The Morgan fingerprint density at radius 2 is 0.989 bits per heavy atom. The number of H-pyrrole nitrogens is 1. The maximum absolute atomic E-state index is 12.5. The molecule has 0 unspecified atom stereocenters. The second-order valence-electron chi connectivity index (χ2n) is 28.0. The minimum absolute atomic E-state index is 0. The molecule has 4 fully saturated rings. The van der Waals surface area contributed by atoms with Crippen molar-refractivity contribution < 1.29 is 85.7 Å². The Bertz CT molecular complexity index is 3330. The number of nitro groups is 2. The smallest absolute Gasteiger partial charge is 0.413 e. The van der Waals surface area contributed by atoms with E-state index in [4.69, 9.17) is 47.8 Å². The van der Waals surface area contributed by atoms with Gasteiger partial charge in [-0.1, -0.05) is 22.8 Å². The third kappa shape index (κ3) is 23.4. The Hall–Kier alpha value is -8.05. The Balaban J connectivity index is 0.000000319. The lowest BCUT2D eigenvalue weighted by atomic mass is 10.2. The number of amides is 4. The molecule has 33 nitrogen and oxygen atoms in total. The first kappa shape index (κ1) is 78.4. The fourth-order valence-electron chi connectivity index (χ4n) is 9.43. The van der Waals surface area contributed by atoms with Gasteiger partial charge >= 0.3 is 36.0 Å². The number of benzene rings is 1. The standard InChI is InChI=1S/C18H27NO6S.C14H22N4O5.C14H24N4O3.C11H19NO4.C3H3N3O2.H2/c1-13-7-9-15(10-8-13)26(21,22)24-12-14-11-23-18(5,6)19(14)16(20)25-17(2,3)4;1-13(2,3)23-12(19)17-10(9-22-14(17,4)5)8-16-7-6-11(15-16)18(20)21;1-13(2,3)21-12(19)18-10(9-20-14(18,4)5)8-17-7-6-11(15)16-17;1-10(2,3)16-9(14)12-8(6-13)7-15-11(12,4)5;7-6(8)3-1-2-4-5-3;/h7-10,14H,11-12H2,1-6H3;6-7,10H,8-9H2,1-5H3;6-7,10H,8-9H2,1-5H3,(H2,15,16);6,8H,7H2,1-5H3;1-2H,(H,4,5);1H/t14-;2*10-;8-;;/m0111../s1. The summed E-state index contributed by atoms with van der Waals surface area (Å²) in [6.45, 7) is 39.3. The van der Waals surface area contributed by atoms with Crippen LogP contribution in [0.1, 0.15) is 145 Å². The summed E-state index contributed by atoms with van der Waals surface area (Å²) in [7, 11) is -3.92. The molecule has 7 heterocycles. The van der Waals surface area contributed by atoms with Crippen molar-refractivity contribution in [2.75, 3.05) is 38.8 Å². The number of nitrogen functional groups attached to an aromatic ring is 1. The molecule has 94 heavy (non-hydrogen) atoms. The number of nitrogens with zero attached hydrogens (tertiary/aromatic N) is 11. The van der Waals surface area contributed by atoms with Crippen molar-refractivity contribution >= 4 is 58.2 Å². The zero-order valence-electron chi connectivity index (χ0n) is 57.7. The SMILES string of the molecule is CC(C)(C)OC(=O)N1[C@H](C=O)COC1(C)C.CC(C)(C)OC(=O)N1[C@H](Cn2ccc(N)n2)COC1(C)C.CC(C)(C)OC(=O)N1[C@H](Cn2ccc([N+](=O)[O-])n2)COC1(C)C.Cc1ccc(S(=O)(=O)OC[C@@H]2COC(C)(C)N2C(=O)OC(C)(C)C)cc1.O=[N+]([O-])c1ccn[nH]1.[HH]. The number of aromatic amines is 1. The monoisotopic (exact) mass is 1350 g/mol. The van der Waals surface area contributed by atoms with E-state index in [9.17, 15) is 52.6 Å². The largest absolute Gasteiger partial charge is 0.444 e. The number of aryl methyl sites for hydroxylation is 1. The molecule has 0 spiro atoms. The van der Waals surface area contributed by atoms with Gasteiger partial charge in [-0.15, -0.1) is 5.10 Å². The molecule has 4 aromatic rings. The predicted molar refractivity (Wildman–Crippen MR) is 341 cm³/mol. The molecule has 8 rings (SSSR count). The highest BCUT2D eigenvalue weighted by molar-refractivity contribution is 7.86. The maximum Gasteiger partial charge on any atom is 0.413 e. The van der Waals surface area contributed by atoms with Gasteiger partial charge < -0.3 is 68.7 Å². The van der Waals surface area contributed by atoms with E-state index < -0.39 is 95.6 Å². The van der Waals surface area contributed by atoms with Gasteiger partial charge in [-0.3, -0.25) is 28.5 Å². The summed E-state index contributed by atoms with van der Waals surface area (Å²) in [5.74, 6) is 0.147. The Morgan fingerprint density at radius 1 is 0.606 bits per heavy atom. The van der Waals surface area contributed by atoms with Crippen molar-refractivity contribution in [1.82, 2.24) is 49.4 Å². The Morgan fingerprint density at radius 3 is 1.34 bits per heavy atom. The number of ether oxygens (including phenoxy) is 8. The van der Waals surface area contributed by atoms with Crippen LogP contribution in [0.15, 0.2) is 66.0 Å². The van der Waals surface area contributed by atoms with Gasteiger partial charge in [0.15, 0.2) is 0 Å². The first-order chi connectivity index (χ1) is 42.9. The van der Waals surface area contributed by atoms with Crippen LogP contribution in [0.3, 0.4) is 0 Å². The minimum Gasteiger partial charge on any atom is -0.444 e. The fraction of sp³-hybridized carbons (Fsp3) is 0.667. The summed E-state index contributed by atoms with van der Waals surface area (Å²) in [5.41, 5.74) is 0.922. The number of hydrogen-bond acceptors (Lipinski definition) is 24. The van der Waals surface area contributed by atoms with Crippen molar-refractivity contribution in [3.8, 4) is 0 Å². The third-order valence-electron chi connectivity index (χ3n) is 13.4.